The minimum Gasteiger partial charge on any atom is -0.495 e. The second kappa shape index (κ2) is 6.93. The van der Waals surface area contributed by atoms with Gasteiger partial charge in [-0.25, -0.2) is 4.90 Å². The second-order valence-electron chi connectivity index (χ2n) is 5.28. The predicted molar refractivity (Wildman–Crippen MR) is 97.3 cm³/mol. The van der Waals surface area contributed by atoms with Gasteiger partial charge in [-0.15, -0.1) is 0 Å². The van der Waals surface area contributed by atoms with E-state index in [0.717, 1.165) is 28.6 Å². The number of anilines is 1. The summed E-state index contributed by atoms with van der Waals surface area (Å²) in [5.41, 5.74) is 2.60. The van der Waals surface area contributed by atoms with Gasteiger partial charge < -0.3 is 4.74 Å². The number of hydrogen-bond acceptors (Lipinski definition) is 4. The first kappa shape index (κ1) is 16.3. The van der Waals surface area contributed by atoms with Crippen LogP contribution in [0.4, 0.5) is 10.5 Å². The Balaban J connectivity index is 1.92. The van der Waals surface area contributed by atoms with Crippen molar-refractivity contribution >= 4 is 34.7 Å². The summed E-state index contributed by atoms with van der Waals surface area (Å²) in [6.07, 6.45) is 2.71. The number of nitrogens with zero attached hydrogens (tertiary/aromatic N) is 1. The van der Waals surface area contributed by atoms with Crippen molar-refractivity contribution < 1.29 is 14.3 Å². The molecule has 0 aromatic heterocycles. The molecule has 1 saturated heterocycles. The maximum atomic E-state index is 12.7. The lowest BCUT2D eigenvalue weighted by molar-refractivity contribution is -0.113. The van der Waals surface area contributed by atoms with Crippen LogP contribution < -0.4 is 9.64 Å². The largest absolute Gasteiger partial charge is 0.495 e. The molecule has 0 unspecified atom stereocenters. The van der Waals surface area contributed by atoms with E-state index in [2.05, 4.69) is 6.92 Å². The fourth-order valence-electron chi connectivity index (χ4n) is 2.49. The minimum atomic E-state index is -0.325. The zero-order valence-electron chi connectivity index (χ0n) is 13.5. The zero-order chi connectivity index (χ0) is 17.1. The number of carbonyl (C=O) groups excluding carboxylic acids is 2. The number of imide groups is 1. The Bertz CT molecular complexity index is 812. The zero-order valence-corrected chi connectivity index (χ0v) is 14.3. The highest BCUT2D eigenvalue weighted by Crippen LogP contribution is 2.39. The standard InChI is InChI=1S/C19H17NO3S/c1-3-13-8-10-14(11-9-13)12-17-18(21)20(19(22)24-17)15-6-4-5-7-16(15)23-2/h4-12H,3H2,1-2H3/b17-12-. The van der Waals surface area contributed by atoms with Crippen LogP contribution in [0.3, 0.4) is 0 Å². The number of hydrogen-bond donors (Lipinski definition) is 0. The minimum absolute atomic E-state index is 0.319. The average Bonchev–Trinajstić information content (AvgIpc) is 2.89. The van der Waals surface area contributed by atoms with Crippen molar-refractivity contribution in [2.24, 2.45) is 0 Å². The van der Waals surface area contributed by atoms with Crippen molar-refractivity contribution in [1.82, 2.24) is 0 Å². The van der Waals surface area contributed by atoms with Crippen LogP contribution in [0, 0.1) is 0 Å². The smallest absolute Gasteiger partial charge is 0.298 e. The van der Waals surface area contributed by atoms with E-state index >= 15 is 0 Å². The fraction of sp³-hybridized carbons (Fsp3) is 0.158. The topological polar surface area (TPSA) is 46.6 Å². The van der Waals surface area contributed by atoms with E-state index in [1.165, 1.54) is 12.7 Å². The van der Waals surface area contributed by atoms with E-state index in [1.807, 2.05) is 24.3 Å². The fourth-order valence-corrected chi connectivity index (χ4v) is 3.33. The number of rotatable bonds is 4. The number of aryl methyl sites for hydroxylation is 1. The molecule has 1 aliphatic rings. The summed E-state index contributed by atoms with van der Waals surface area (Å²) in [4.78, 5) is 26.6. The molecule has 1 heterocycles. The summed E-state index contributed by atoms with van der Waals surface area (Å²) in [5, 5.41) is -0.319. The van der Waals surface area contributed by atoms with Crippen molar-refractivity contribution in [2.75, 3.05) is 12.0 Å². The molecule has 0 spiro atoms. The maximum absolute atomic E-state index is 12.7. The lowest BCUT2D eigenvalue weighted by Gasteiger charge is -2.15. The quantitative estimate of drug-likeness (QED) is 0.770. The lowest BCUT2D eigenvalue weighted by atomic mass is 10.1. The van der Waals surface area contributed by atoms with Gasteiger partial charge in [-0.3, -0.25) is 9.59 Å². The molecule has 122 valence electrons. The molecule has 4 nitrogen and oxygen atoms in total. The molecule has 2 aromatic rings. The molecule has 24 heavy (non-hydrogen) atoms. The second-order valence-corrected chi connectivity index (χ2v) is 6.28. The third-order valence-corrected chi connectivity index (χ3v) is 4.68. The van der Waals surface area contributed by atoms with Crippen LogP contribution in [0.5, 0.6) is 5.75 Å². The van der Waals surface area contributed by atoms with E-state index in [1.54, 1.807) is 30.3 Å². The Morgan fingerprint density at radius 3 is 2.46 bits per heavy atom. The summed E-state index contributed by atoms with van der Waals surface area (Å²) in [6, 6.07) is 15.0. The molecular weight excluding hydrogens is 322 g/mol. The molecule has 1 aliphatic heterocycles. The van der Waals surface area contributed by atoms with Crippen LogP contribution in [0.15, 0.2) is 53.4 Å². The van der Waals surface area contributed by atoms with Gasteiger partial charge >= 0.3 is 0 Å². The SMILES string of the molecule is CCc1ccc(/C=C2\SC(=O)N(c3ccccc3OC)C2=O)cc1. The number of benzene rings is 2. The Morgan fingerprint density at radius 2 is 1.79 bits per heavy atom. The molecule has 2 aromatic carbocycles. The van der Waals surface area contributed by atoms with E-state index in [9.17, 15) is 9.59 Å². The third kappa shape index (κ3) is 3.08. The van der Waals surface area contributed by atoms with Crippen LogP contribution in [0.25, 0.3) is 6.08 Å². The van der Waals surface area contributed by atoms with E-state index in [-0.39, 0.29) is 11.1 Å². The Labute approximate surface area is 145 Å². The van der Waals surface area contributed by atoms with Gasteiger partial charge in [0.2, 0.25) is 0 Å². The molecule has 1 fully saturated rings. The Kier molecular flexibility index (Phi) is 4.71. The Morgan fingerprint density at radius 1 is 1.08 bits per heavy atom. The molecule has 3 rings (SSSR count). The first-order valence-electron chi connectivity index (χ1n) is 7.64. The molecule has 0 bridgehead atoms. The monoisotopic (exact) mass is 339 g/mol. The van der Waals surface area contributed by atoms with Gasteiger partial charge in [-0.05, 0) is 47.5 Å². The molecular formula is C19H17NO3S. The first-order chi connectivity index (χ1) is 11.6. The third-order valence-electron chi connectivity index (χ3n) is 3.81. The molecule has 0 N–H and O–H groups in total. The number of methoxy groups -OCH3 is 1. The predicted octanol–water partition coefficient (Wildman–Crippen LogP) is 4.50. The maximum Gasteiger partial charge on any atom is 0.298 e. The van der Waals surface area contributed by atoms with E-state index in [4.69, 9.17) is 4.74 Å². The van der Waals surface area contributed by atoms with Crippen molar-refractivity contribution in [3.63, 3.8) is 0 Å². The lowest BCUT2D eigenvalue weighted by Crippen LogP contribution is -2.28. The van der Waals surface area contributed by atoms with Crippen LogP contribution in [0.2, 0.25) is 0 Å². The number of carbonyl (C=O) groups is 2. The van der Waals surface area contributed by atoms with E-state index < -0.39 is 0 Å². The molecule has 5 heteroatoms. The van der Waals surface area contributed by atoms with Gasteiger partial charge in [-0.2, -0.15) is 0 Å². The molecule has 2 amide bonds. The van der Waals surface area contributed by atoms with Crippen molar-refractivity contribution in [3.8, 4) is 5.75 Å². The number of amides is 2. The summed E-state index contributed by atoms with van der Waals surface area (Å²) >= 11 is 0.944. The van der Waals surface area contributed by atoms with Gasteiger partial charge in [-0.1, -0.05) is 43.3 Å². The Hall–Kier alpha value is -2.53. The van der Waals surface area contributed by atoms with Gasteiger partial charge in [0.25, 0.3) is 11.1 Å². The van der Waals surface area contributed by atoms with Gasteiger partial charge in [0, 0.05) is 0 Å². The van der Waals surface area contributed by atoms with Crippen LogP contribution in [-0.2, 0) is 11.2 Å². The number of ether oxygens (including phenoxy) is 1. The normalized spacial score (nSPS) is 16.1. The highest BCUT2D eigenvalue weighted by atomic mass is 32.2. The van der Waals surface area contributed by atoms with Gasteiger partial charge in [0.05, 0.1) is 17.7 Å². The molecule has 0 saturated carbocycles. The summed E-state index contributed by atoms with van der Waals surface area (Å²) < 4.78 is 5.26. The van der Waals surface area contributed by atoms with Crippen molar-refractivity contribution in [2.45, 2.75) is 13.3 Å². The average molecular weight is 339 g/mol. The highest BCUT2D eigenvalue weighted by Gasteiger charge is 2.37. The van der Waals surface area contributed by atoms with E-state index in [0.29, 0.717) is 16.3 Å². The summed E-state index contributed by atoms with van der Waals surface area (Å²) in [6.45, 7) is 2.09. The highest BCUT2D eigenvalue weighted by molar-refractivity contribution is 8.19. The van der Waals surface area contributed by atoms with Crippen LogP contribution >= 0.6 is 11.8 Å². The summed E-state index contributed by atoms with van der Waals surface area (Å²) in [5.74, 6) is 0.169. The summed E-state index contributed by atoms with van der Waals surface area (Å²) in [7, 11) is 1.52. The molecule has 0 atom stereocenters. The van der Waals surface area contributed by atoms with Crippen LogP contribution in [0.1, 0.15) is 18.1 Å². The number of para-hydroxylation sites is 2. The number of thioether (sulfide) groups is 1. The van der Waals surface area contributed by atoms with Gasteiger partial charge in [0.1, 0.15) is 5.75 Å². The van der Waals surface area contributed by atoms with Crippen molar-refractivity contribution in [1.29, 1.82) is 0 Å². The van der Waals surface area contributed by atoms with Crippen molar-refractivity contribution in [3.05, 3.63) is 64.6 Å². The molecule has 0 radical (unpaired) electrons. The molecule has 0 aliphatic carbocycles. The van der Waals surface area contributed by atoms with Crippen LogP contribution in [-0.4, -0.2) is 18.3 Å². The first-order valence-corrected chi connectivity index (χ1v) is 8.45. The van der Waals surface area contributed by atoms with Gasteiger partial charge in [0.15, 0.2) is 0 Å².